The van der Waals surface area contributed by atoms with Gasteiger partial charge in [0.1, 0.15) is 0 Å². The van der Waals surface area contributed by atoms with Crippen molar-refractivity contribution < 1.29 is 4.79 Å². The molecule has 0 aromatic carbocycles. The van der Waals surface area contributed by atoms with Crippen molar-refractivity contribution in [1.82, 2.24) is 5.32 Å². The van der Waals surface area contributed by atoms with Gasteiger partial charge in [0.2, 0.25) is 5.91 Å². The summed E-state index contributed by atoms with van der Waals surface area (Å²) < 4.78 is 0.297. The first-order chi connectivity index (χ1) is 7.16. The van der Waals surface area contributed by atoms with Gasteiger partial charge in [0.25, 0.3) is 0 Å². The zero-order chi connectivity index (χ0) is 11.1. The predicted octanol–water partition coefficient (Wildman–Crippen LogP) is 2.95. The lowest BCUT2D eigenvalue weighted by molar-refractivity contribution is -0.121. The molecule has 0 aromatic heterocycles. The molecule has 1 amide bonds. The molecule has 0 saturated carbocycles. The van der Waals surface area contributed by atoms with Gasteiger partial charge >= 0.3 is 0 Å². The number of unbranched alkanes of at least 4 members (excludes halogenated alkanes) is 1. The zero-order valence-electron chi connectivity index (χ0n) is 9.35. The standard InChI is InChI=1S/C11H20BrNOS/c1-11(6-4-8-15-11)9-13-10(14)5-2-3-7-12/h2-9H2,1H3,(H,13,14). The van der Waals surface area contributed by atoms with Crippen LogP contribution in [0.25, 0.3) is 0 Å². The number of halogens is 1. The first-order valence-electron chi connectivity index (χ1n) is 5.63. The Labute approximate surface area is 105 Å². The summed E-state index contributed by atoms with van der Waals surface area (Å²) in [4.78, 5) is 11.5. The molecule has 88 valence electrons. The zero-order valence-corrected chi connectivity index (χ0v) is 11.8. The van der Waals surface area contributed by atoms with Gasteiger partial charge in [-0.1, -0.05) is 15.9 Å². The highest BCUT2D eigenvalue weighted by Gasteiger charge is 2.29. The fourth-order valence-corrected chi connectivity index (χ4v) is 3.37. The molecule has 1 N–H and O–H groups in total. The number of alkyl halides is 1. The maximum atomic E-state index is 11.5. The summed E-state index contributed by atoms with van der Waals surface area (Å²) in [5, 5.41) is 4.04. The van der Waals surface area contributed by atoms with Crippen molar-refractivity contribution in [1.29, 1.82) is 0 Å². The van der Waals surface area contributed by atoms with Gasteiger partial charge in [-0.3, -0.25) is 4.79 Å². The second kappa shape index (κ2) is 6.79. The first-order valence-corrected chi connectivity index (χ1v) is 7.74. The summed E-state index contributed by atoms with van der Waals surface area (Å²) in [7, 11) is 0. The van der Waals surface area contributed by atoms with E-state index in [2.05, 4.69) is 28.2 Å². The van der Waals surface area contributed by atoms with E-state index < -0.39 is 0 Å². The third-order valence-corrected chi connectivity index (χ3v) is 4.85. The number of thioether (sulfide) groups is 1. The molecule has 1 saturated heterocycles. The summed E-state index contributed by atoms with van der Waals surface area (Å²) >= 11 is 5.36. The lowest BCUT2D eigenvalue weighted by Crippen LogP contribution is -2.36. The molecule has 1 heterocycles. The van der Waals surface area contributed by atoms with Gasteiger partial charge in [0.15, 0.2) is 0 Å². The number of rotatable bonds is 6. The molecule has 1 fully saturated rings. The number of nitrogens with one attached hydrogen (secondary N) is 1. The third kappa shape index (κ3) is 5.25. The molecule has 0 radical (unpaired) electrons. The van der Waals surface area contributed by atoms with Crippen molar-refractivity contribution in [3.63, 3.8) is 0 Å². The van der Waals surface area contributed by atoms with Crippen molar-refractivity contribution in [2.75, 3.05) is 17.6 Å². The van der Waals surface area contributed by atoms with E-state index in [1.54, 1.807) is 0 Å². The lowest BCUT2D eigenvalue weighted by Gasteiger charge is -2.22. The average molecular weight is 294 g/mol. The number of carbonyl (C=O) groups excluding carboxylic acids is 1. The van der Waals surface area contributed by atoms with Crippen LogP contribution in [0.15, 0.2) is 0 Å². The van der Waals surface area contributed by atoms with Crippen LogP contribution in [0.2, 0.25) is 0 Å². The summed E-state index contributed by atoms with van der Waals surface area (Å²) in [5.74, 6) is 1.46. The molecule has 0 aromatic rings. The van der Waals surface area contributed by atoms with Crippen molar-refractivity contribution in [3.8, 4) is 0 Å². The first kappa shape index (κ1) is 13.4. The van der Waals surface area contributed by atoms with Gasteiger partial charge in [-0.25, -0.2) is 0 Å². The van der Waals surface area contributed by atoms with E-state index in [1.807, 2.05) is 11.8 Å². The minimum atomic E-state index is 0.213. The van der Waals surface area contributed by atoms with Gasteiger partial charge in [-0.15, -0.1) is 0 Å². The van der Waals surface area contributed by atoms with E-state index in [0.717, 1.165) is 24.7 Å². The van der Waals surface area contributed by atoms with Crippen LogP contribution in [0, 0.1) is 0 Å². The van der Waals surface area contributed by atoms with Crippen LogP contribution < -0.4 is 5.32 Å². The molecule has 15 heavy (non-hydrogen) atoms. The van der Waals surface area contributed by atoms with Crippen LogP contribution >= 0.6 is 27.7 Å². The van der Waals surface area contributed by atoms with Gasteiger partial charge < -0.3 is 5.32 Å². The van der Waals surface area contributed by atoms with Crippen LogP contribution in [0.1, 0.15) is 39.0 Å². The van der Waals surface area contributed by atoms with Crippen molar-refractivity contribution >= 4 is 33.6 Å². The maximum Gasteiger partial charge on any atom is 0.220 e. The number of amides is 1. The van der Waals surface area contributed by atoms with Gasteiger partial charge in [-0.05, 0) is 38.4 Å². The van der Waals surface area contributed by atoms with E-state index in [0.29, 0.717) is 11.2 Å². The Morgan fingerprint density at radius 1 is 1.53 bits per heavy atom. The molecule has 0 aliphatic carbocycles. The largest absolute Gasteiger partial charge is 0.355 e. The molecule has 1 atom stereocenters. The number of hydrogen-bond donors (Lipinski definition) is 1. The summed E-state index contributed by atoms with van der Waals surface area (Å²) in [5.41, 5.74) is 0. The van der Waals surface area contributed by atoms with Gasteiger partial charge in [0, 0.05) is 23.0 Å². The Hall–Kier alpha value is 0.300. The van der Waals surface area contributed by atoms with E-state index in [9.17, 15) is 4.79 Å². The Morgan fingerprint density at radius 3 is 2.93 bits per heavy atom. The van der Waals surface area contributed by atoms with Gasteiger partial charge in [-0.2, -0.15) is 11.8 Å². The molecular weight excluding hydrogens is 274 g/mol. The Balaban J connectivity index is 2.10. The number of hydrogen-bond acceptors (Lipinski definition) is 2. The van der Waals surface area contributed by atoms with Crippen LogP contribution in [0.4, 0.5) is 0 Å². The molecule has 1 aliphatic rings. The average Bonchev–Trinajstić information content (AvgIpc) is 2.64. The van der Waals surface area contributed by atoms with Crippen LogP contribution in [-0.2, 0) is 4.79 Å². The molecule has 1 unspecified atom stereocenters. The molecule has 1 rings (SSSR count). The third-order valence-electron chi connectivity index (χ3n) is 2.75. The predicted molar refractivity (Wildman–Crippen MR) is 70.8 cm³/mol. The normalized spacial score (nSPS) is 25.5. The van der Waals surface area contributed by atoms with Crippen molar-refractivity contribution in [2.45, 2.75) is 43.8 Å². The summed E-state index contributed by atoms with van der Waals surface area (Å²) in [6.07, 6.45) is 5.27. The SMILES string of the molecule is CC1(CNC(=O)CCCCBr)CCCS1. The Bertz CT molecular complexity index is 205. The minimum absolute atomic E-state index is 0.213. The van der Waals surface area contributed by atoms with Gasteiger partial charge in [0.05, 0.1) is 0 Å². The van der Waals surface area contributed by atoms with Crippen molar-refractivity contribution in [2.24, 2.45) is 0 Å². The van der Waals surface area contributed by atoms with E-state index in [4.69, 9.17) is 0 Å². The second-order valence-electron chi connectivity index (χ2n) is 4.32. The topological polar surface area (TPSA) is 29.1 Å². The summed E-state index contributed by atoms with van der Waals surface area (Å²) in [6, 6.07) is 0. The Morgan fingerprint density at radius 2 is 2.33 bits per heavy atom. The van der Waals surface area contributed by atoms with Crippen molar-refractivity contribution in [3.05, 3.63) is 0 Å². The van der Waals surface area contributed by atoms with Crippen LogP contribution in [0.3, 0.4) is 0 Å². The highest BCUT2D eigenvalue weighted by atomic mass is 79.9. The minimum Gasteiger partial charge on any atom is -0.355 e. The highest BCUT2D eigenvalue weighted by Crippen LogP contribution is 2.36. The van der Waals surface area contributed by atoms with E-state index in [-0.39, 0.29) is 5.91 Å². The fourth-order valence-electron chi connectivity index (χ4n) is 1.73. The summed E-state index contributed by atoms with van der Waals surface area (Å²) in [6.45, 7) is 3.09. The molecule has 0 spiro atoms. The smallest absolute Gasteiger partial charge is 0.220 e. The fraction of sp³-hybridized carbons (Fsp3) is 0.909. The van der Waals surface area contributed by atoms with Crippen LogP contribution in [-0.4, -0.2) is 28.3 Å². The molecule has 2 nitrogen and oxygen atoms in total. The highest BCUT2D eigenvalue weighted by molar-refractivity contribution is 9.09. The van der Waals surface area contributed by atoms with Crippen LogP contribution in [0.5, 0.6) is 0 Å². The van der Waals surface area contributed by atoms with E-state index in [1.165, 1.54) is 18.6 Å². The maximum absolute atomic E-state index is 11.5. The lowest BCUT2D eigenvalue weighted by atomic mass is 10.1. The van der Waals surface area contributed by atoms with E-state index >= 15 is 0 Å². The second-order valence-corrected chi connectivity index (χ2v) is 6.80. The molecule has 0 bridgehead atoms. The molecule has 4 heteroatoms. The quantitative estimate of drug-likeness (QED) is 0.603. The molecule has 1 aliphatic heterocycles. The monoisotopic (exact) mass is 293 g/mol. The number of carbonyl (C=O) groups is 1. The Kier molecular flexibility index (Phi) is 6.05. The molecular formula is C11H20BrNOS.